The highest BCUT2D eigenvalue weighted by Gasteiger charge is 2.59. The van der Waals surface area contributed by atoms with Crippen molar-refractivity contribution in [3.8, 4) is 0 Å². The number of rotatable bonds is 8. The first-order chi connectivity index (χ1) is 15.7. The number of carbonyl (C=O) groups excluding carboxylic acids is 2. The van der Waals surface area contributed by atoms with E-state index in [-0.39, 0.29) is 23.2 Å². The van der Waals surface area contributed by atoms with E-state index in [2.05, 4.69) is 51.3 Å². The van der Waals surface area contributed by atoms with Crippen LogP contribution in [0.1, 0.15) is 66.4 Å². The van der Waals surface area contributed by atoms with Crippen LogP contribution < -0.4 is 5.32 Å². The van der Waals surface area contributed by atoms with E-state index in [0.29, 0.717) is 6.42 Å². The van der Waals surface area contributed by atoms with Gasteiger partial charge in [0.25, 0.3) is 0 Å². The molecule has 7 heteroatoms. The normalized spacial score (nSPS) is 21.6. The summed E-state index contributed by atoms with van der Waals surface area (Å²) in [4.78, 5) is 26.0. The fraction of sp³-hybridized carbons (Fsp3) is 0.704. The Labute approximate surface area is 207 Å². The van der Waals surface area contributed by atoms with Gasteiger partial charge in [0.05, 0.1) is 24.7 Å². The van der Waals surface area contributed by atoms with Crippen LogP contribution in [0, 0.1) is 17.3 Å². The van der Waals surface area contributed by atoms with Crippen molar-refractivity contribution in [3.05, 3.63) is 35.9 Å². The van der Waals surface area contributed by atoms with Crippen molar-refractivity contribution < 1.29 is 23.5 Å². The summed E-state index contributed by atoms with van der Waals surface area (Å²) in [6, 6.07) is 9.73. The molecule has 4 unspecified atom stereocenters. The molecule has 0 saturated heterocycles. The largest absolute Gasteiger partial charge is 0.469 e. The summed E-state index contributed by atoms with van der Waals surface area (Å²) >= 11 is 0. The van der Waals surface area contributed by atoms with Gasteiger partial charge in [-0.25, -0.2) is 4.79 Å². The SMILES string of the molecule is COC(=O)C1CCCC1C(O[SiH](C)C)(C(Cc1ccccc1)NC(=O)OC(C)(C)C)C(C)(C)C. The first-order valence-corrected chi connectivity index (χ1v) is 15.3. The molecule has 1 aromatic rings. The van der Waals surface area contributed by atoms with Crippen molar-refractivity contribution in [1.29, 1.82) is 0 Å². The van der Waals surface area contributed by atoms with Gasteiger partial charge in [-0.2, -0.15) is 0 Å². The summed E-state index contributed by atoms with van der Waals surface area (Å²) in [5.41, 5.74) is -0.685. The molecule has 0 aromatic heterocycles. The molecule has 1 saturated carbocycles. The van der Waals surface area contributed by atoms with Gasteiger partial charge in [0, 0.05) is 5.92 Å². The van der Waals surface area contributed by atoms with Crippen molar-refractivity contribution >= 4 is 21.1 Å². The molecule has 34 heavy (non-hydrogen) atoms. The van der Waals surface area contributed by atoms with Gasteiger partial charge in [0.2, 0.25) is 0 Å². The zero-order chi connectivity index (χ0) is 25.7. The number of hydrogen-bond donors (Lipinski definition) is 1. The van der Waals surface area contributed by atoms with Crippen LogP contribution in [0.3, 0.4) is 0 Å². The summed E-state index contributed by atoms with van der Waals surface area (Å²) < 4.78 is 18.0. The summed E-state index contributed by atoms with van der Waals surface area (Å²) in [5.74, 6) is -0.546. The van der Waals surface area contributed by atoms with E-state index in [0.717, 1.165) is 24.8 Å². The maximum Gasteiger partial charge on any atom is 0.407 e. The molecule has 192 valence electrons. The van der Waals surface area contributed by atoms with Crippen molar-refractivity contribution in [2.45, 2.75) is 97.6 Å². The van der Waals surface area contributed by atoms with Crippen molar-refractivity contribution in [2.75, 3.05) is 7.11 Å². The maximum atomic E-state index is 13.1. The minimum atomic E-state index is -1.62. The molecule has 6 nitrogen and oxygen atoms in total. The van der Waals surface area contributed by atoms with Gasteiger partial charge in [0.1, 0.15) is 5.60 Å². The monoisotopic (exact) mass is 491 g/mol. The van der Waals surface area contributed by atoms with Gasteiger partial charge in [-0.3, -0.25) is 4.79 Å². The predicted molar refractivity (Wildman–Crippen MR) is 138 cm³/mol. The summed E-state index contributed by atoms with van der Waals surface area (Å²) in [7, 11) is -0.162. The molecule has 1 N–H and O–H groups in total. The van der Waals surface area contributed by atoms with Crippen LogP contribution in [0.15, 0.2) is 30.3 Å². The number of methoxy groups -OCH3 is 1. The number of carbonyl (C=O) groups is 2. The highest BCUT2D eigenvalue weighted by Crippen LogP contribution is 2.52. The Morgan fingerprint density at radius 1 is 1.06 bits per heavy atom. The third kappa shape index (κ3) is 6.85. The Kier molecular flexibility index (Phi) is 9.39. The highest BCUT2D eigenvalue weighted by atomic mass is 28.3. The number of alkyl carbamates (subject to hydrolysis) is 1. The second-order valence-corrected chi connectivity index (χ2v) is 14.1. The second-order valence-electron chi connectivity index (χ2n) is 11.8. The molecule has 1 aliphatic rings. The lowest BCUT2D eigenvalue weighted by atomic mass is 9.61. The number of ether oxygens (including phenoxy) is 2. The number of esters is 1. The van der Waals surface area contributed by atoms with E-state index >= 15 is 0 Å². The lowest BCUT2D eigenvalue weighted by molar-refractivity contribution is -0.159. The maximum absolute atomic E-state index is 13.1. The topological polar surface area (TPSA) is 73.9 Å². The Hall–Kier alpha value is -1.86. The molecule has 4 atom stereocenters. The third-order valence-corrected chi connectivity index (χ3v) is 7.53. The molecule has 1 amide bonds. The fourth-order valence-electron chi connectivity index (χ4n) is 5.59. The smallest absolute Gasteiger partial charge is 0.407 e. The Balaban J connectivity index is 2.67. The molecule has 1 fully saturated rings. The highest BCUT2D eigenvalue weighted by molar-refractivity contribution is 6.48. The van der Waals surface area contributed by atoms with E-state index in [4.69, 9.17) is 13.9 Å². The molecule has 0 bridgehead atoms. The number of benzene rings is 1. The standard InChI is InChI=1S/C27H45NO5Si/c1-25(2,3)27(33-34(8)9,21-17-13-16-20(21)23(29)31-7)22(18-19-14-11-10-12-15-19)28-24(30)32-26(4,5)6/h10-12,14-15,20-22,34H,13,16-18H2,1-9H3,(H,28,30). The average Bonchev–Trinajstić information content (AvgIpc) is 3.19. The quantitative estimate of drug-likeness (QED) is 0.384. The Bertz CT molecular complexity index is 815. The van der Waals surface area contributed by atoms with Crippen LogP contribution in [0.25, 0.3) is 0 Å². The molecular weight excluding hydrogens is 446 g/mol. The van der Waals surface area contributed by atoms with Crippen LogP contribution in [-0.2, 0) is 25.1 Å². The van der Waals surface area contributed by atoms with Crippen LogP contribution in [0.5, 0.6) is 0 Å². The molecule has 0 aliphatic heterocycles. The van der Waals surface area contributed by atoms with Gasteiger partial charge in [0.15, 0.2) is 9.04 Å². The van der Waals surface area contributed by atoms with Crippen LogP contribution in [-0.4, -0.2) is 45.5 Å². The first-order valence-electron chi connectivity index (χ1n) is 12.5. The molecule has 0 heterocycles. The first kappa shape index (κ1) is 28.4. The number of hydrogen-bond acceptors (Lipinski definition) is 5. The molecule has 0 spiro atoms. The van der Waals surface area contributed by atoms with Crippen molar-refractivity contribution in [2.24, 2.45) is 17.3 Å². The van der Waals surface area contributed by atoms with Crippen LogP contribution in [0.2, 0.25) is 13.1 Å². The van der Waals surface area contributed by atoms with Crippen molar-refractivity contribution in [1.82, 2.24) is 5.32 Å². The van der Waals surface area contributed by atoms with Crippen LogP contribution >= 0.6 is 0 Å². The van der Waals surface area contributed by atoms with Gasteiger partial charge >= 0.3 is 12.1 Å². The van der Waals surface area contributed by atoms with E-state index in [1.165, 1.54) is 7.11 Å². The second kappa shape index (κ2) is 11.3. The van der Waals surface area contributed by atoms with E-state index < -0.39 is 32.4 Å². The Morgan fingerprint density at radius 3 is 2.18 bits per heavy atom. The number of nitrogens with one attached hydrogen (secondary N) is 1. The van der Waals surface area contributed by atoms with Crippen LogP contribution in [0.4, 0.5) is 4.79 Å². The number of amides is 1. The van der Waals surface area contributed by atoms with E-state index in [9.17, 15) is 9.59 Å². The van der Waals surface area contributed by atoms with Gasteiger partial charge in [-0.15, -0.1) is 0 Å². The minimum Gasteiger partial charge on any atom is -0.469 e. The van der Waals surface area contributed by atoms with E-state index in [1.54, 1.807) is 0 Å². The van der Waals surface area contributed by atoms with Gasteiger partial charge in [-0.05, 0) is 64.1 Å². The zero-order valence-corrected chi connectivity index (χ0v) is 23.7. The summed E-state index contributed by atoms with van der Waals surface area (Å²) in [5, 5.41) is 3.21. The van der Waals surface area contributed by atoms with Gasteiger partial charge < -0.3 is 19.2 Å². The predicted octanol–water partition coefficient (Wildman–Crippen LogP) is 5.50. The van der Waals surface area contributed by atoms with Crippen molar-refractivity contribution in [3.63, 3.8) is 0 Å². The average molecular weight is 492 g/mol. The van der Waals surface area contributed by atoms with E-state index in [1.807, 2.05) is 39.0 Å². The molecule has 1 aliphatic carbocycles. The minimum absolute atomic E-state index is 0.0847. The summed E-state index contributed by atoms with van der Waals surface area (Å²) in [6.45, 7) is 16.3. The van der Waals surface area contributed by atoms with Gasteiger partial charge in [-0.1, -0.05) is 57.5 Å². The fourth-order valence-corrected chi connectivity index (χ4v) is 7.06. The Morgan fingerprint density at radius 2 is 1.68 bits per heavy atom. The molecule has 2 rings (SSSR count). The molecule has 1 aromatic carbocycles. The lowest BCUT2D eigenvalue weighted by Crippen LogP contribution is -2.68. The zero-order valence-electron chi connectivity index (χ0n) is 22.6. The lowest BCUT2D eigenvalue weighted by Gasteiger charge is -2.55. The molecular formula is C27H45NO5Si. The summed E-state index contributed by atoms with van der Waals surface area (Å²) in [6.07, 6.45) is 2.64. The third-order valence-electron chi connectivity index (χ3n) is 6.66. The molecule has 0 radical (unpaired) electrons.